The zero-order valence-electron chi connectivity index (χ0n) is 12.1. The quantitative estimate of drug-likeness (QED) is 0.850. The minimum Gasteiger partial charge on any atom is -0.370 e. The highest BCUT2D eigenvalue weighted by atomic mass is 79.9. The predicted octanol–water partition coefficient (Wildman–Crippen LogP) is 4.23. The van der Waals surface area contributed by atoms with Gasteiger partial charge in [-0.3, -0.25) is 4.79 Å². The van der Waals surface area contributed by atoms with E-state index >= 15 is 0 Å². The molecule has 1 aromatic carbocycles. The number of benzene rings is 1. The molecule has 0 fully saturated rings. The fraction of sp³-hybridized carbons (Fsp3) is 0.250. The molecule has 0 spiro atoms. The molecule has 1 amide bonds. The number of carbonyl (C=O) groups is 1. The molecule has 2 rings (SSSR count). The number of nitrogens with one attached hydrogen (secondary N) is 2. The molecule has 1 heterocycles. The average Bonchev–Trinajstić information content (AvgIpc) is 2.49. The van der Waals surface area contributed by atoms with Gasteiger partial charge in [-0.2, -0.15) is 0 Å². The summed E-state index contributed by atoms with van der Waals surface area (Å²) in [5, 5.41) is 6.03. The Morgan fingerprint density at radius 3 is 2.81 bits per heavy atom. The minimum atomic E-state index is -0.211. The lowest BCUT2D eigenvalue weighted by molar-refractivity contribution is 0.102. The van der Waals surface area contributed by atoms with E-state index in [0.29, 0.717) is 5.69 Å². The molecule has 0 aliphatic rings. The lowest BCUT2D eigenvalue weighted by Gasteiger charge is -2.08. The lowest BCUT2D eigenvalue weighted by Crippen LogP contribution is -2.14. The van der Waals surface area contributed by atoms with Gasteiger partial charge in [0.25, 0.3) is 5.91 Å². The van der Waals surface area contributed by atoms with Crippen molar-refractivity contribution in [3.63, 3.8) is 0 Å². The molecule has 4 nitrogen and oxygen atoms in total. The number of rotatable bonds is 5. The van der Waals surface area contributed by atoms with E-state index in [2.05, 4.69) is 38.5 Å². The standard InChI is InChI=1S/C16H18BrN3O/c1-3-9-18-15-6-4-5-14(20-15)16(21)19-12-7-8-13(17)11(2)10-12/h4-8,10H,3,9H2,1-2H3,(H,18,20)(H,19,21). The van der Waals surface area contributed by atoms with Gasteiger partial charge in [-0.25, -0.2) is 4.98 Å². The van der Waals surface area contributed by atoms with E-state index in [1.54, 1.807) is 6.07 Å². The fourth-order valence-electron chi connectivity index (χ4n) is 1.83. The Hall–Kier alpha value is -1.88. The van der Waals surface area contributed by atoms with Gasteiger partial charge < -0.3 is 10.6 Å². The van der Waals surface area contributed by atoms with Crippen LogP contribution in [0.3, 0.4) is 0 Å². The van der Waals surface area contributed by atoms with E-state index in [-0.39, 0.29) is 5.91 Å². The molecule has 0 bridgehead atoms. The molecular formula is C16H18BrN3O. The molecule has 0 atom stereocenters. The summed E-state index contributed by atoms with van der Waals surface area (Å²) in [7, 11) is 0. The molecule has 0 radical (unpaired) electrons. The van der Waals surface area contributed by atoms with Gasteiger partial charge in [-0.15, -0.1) is 0 Å². The van der Waals surface area contributed by atoms with E-state index in [1.165, 1.54) is 0 Å². The Balaban J connectivity index is 2.10. The number of carbonyl (C=O) groups excluding carboxylic acids is 1. The zero-order chi connectivity index (χ0) is 15.2. The Morgan fingerprint density at radius 1 is 1.29 bits per heavy atom. The van der Waals surface area contributed by atoms with E-state index < -0.39 is 0 Å². The third kappa shape index (κ3) is 4.29. The maximum Gasteiger partial charge on any atom is 0.274 e. The van der Waals surface area contributed by atoms with Gasteiger partial charge in [0.1, 0.15) is 11.5 Å². The Bertz CT molecular complexity index is 643. The van der Waals surface area contributed by atoms with Gasteiger partial charge in [0.2, 0.25) is 0 Å². The Kier molecular flexibility index (Phi) is 5.33. The van der Waals surface area contributed by atoms with Gasteiger partial charge in [0.05, 0.1) is 0 Å². The maximum absolute atomic E-state index is 12.2. The summed E-state index contributed by atoms with van der Waals surface area (Å²) in [4.78, 5) is 16.5. The third-order valence-corrected chi connectivity index (χ3v) is 3.84. The number of pyridine rings is 1. The summed E-state index contributed by atoms with van der Waals surface area (Å²) in [5.41, 5.74) is 2.23. The first-order chi connectivity index (χ1) is 10.1. The van der Waals surface area contributed by atoms with Crippen molar-refractivity contribution in [1.29, 1.82) is 0 Å². The number of aryl methyl sites for hydroxylation is 1. The summed E-state index contributed by atoms with van der Waals surface area (Å²) in [5.74, 6) is 0.508. The molecule has 0 saturated heterocycles. The van der Waals surface area contributed by atoms with E-state index in [1.807, 2.05) is 37.3 Å². The molecule has 2 aromatic rings. The highest BCUT2D eigenvalue weighted by Gasteiger charge is 2.09. The van der Waals surface area contributed by atoms with Gasteiger partial charge in [0, 0.05) is 16.7 Å². The summed E-state index contributed by atoms with van der Waals surface area (Å²) < 4.78 is 1.02. The first-order valence-electron chi connectivity index (χ1n) is 6.88. The van der Waals surface area contributed by atoms with E-state index in [4.69, 9.17) is 0 Å². The van der Waals surface area contributed by atoms with Gasteiger partial charge in [-0.1, -0.05) is 28.9 Å². The summed E-state index contributed by atoms with van der Waals surface area (Å²) in [6.07, 6.45) is 1.01. The van der Waals surface area contributed by atoms with E-state index in [9.17, 15) is 4.79 Å². The van der Waals surface area contributed by atoms with Crippen LogP contribution in [0.15, 0.2) is 40.9 Å². The van der Waals surface area contributed by atoms with Crippen molar-refractivity contribution in [3.8, 4) is 0 Å². The number of aromatic nitrogens is 1. The highest BCUT2D eigenvalue weighted by Crippen LogP contribution is 2.20. The van der Waals surface area contributed by atoms with Crippen molar-refractivity contribution in [2.24, 2.45) is 0 Å². The number of anilines is 2. The van der Waals surface area contributed by atoms with Crippen LogP contribution in [-0.2, 0) is 0 Å². The SMILES string of the molecule is CCCNc1cccc(C(=O)Nc2ccc(Br)c(C)c2)n1. The lowest BCUT2D eigenvalue weighted by atomic mass is 10.2. The molecular weight excluding hydrogens is 330 g/mol. The fourth-order valence-corrected chi connectivity index (χ4v) is 2.08. The summed E-state index contributed by atoms with van der Waals surface area (Å²) in [6, 6.07) is 11.1. The second kappa shape index (κ2) is 7.22. The third-order valence-electron chi connectivity index (χ3n) is 2.95. The molecule has 1 aromatic heterocycles. The molecule has 5 heteroatoms. The van der Waals surface area contributed by atoms with E-state index in [0.717, 1.165) is 34.5 Å². The molecule has 0 aliphatic carbocycles. The summed E-state index contributed by atoms with van der Waals surface area (Å²) >= 11 is 3.44. The highest BCUT2D eigenvalue weighted by molar-refractivity contribution is 9.10. The number of halogens is 1. The zero-order valence-corrected chi connectivity index (χ0v) is 13.7. The monoisotopic (exact) mass is 347 g/mol. The largest absolute Gasteiger partial charge is 0.370 e. The first kappa shape index (κ1) is 15.5. The van der Waals surface area contributed by atoms with Crippen LogP contribution in [0.2, 0.25) is 0 Å². The Morgan fingerprint density at radius 2 is 2.10 bits per heavy atom. The molecule has 0 saturated carbocycles. The first-order valence-corrected chi connectivity index (χ1v) is 7.68. The second-order valence-corrected chi connectivity index (χ2v) is 5.61. The molecule has 21 heavy (non-hydrogen) atoms. The number of hydrogen-bond donors (Lipinski definition) is 2. The van der Waals surface area contributed by atoms with Crippen LogP contribution in [0.1, 0.15) is 29.4 Å². The Labute approximate surface area is 133 Å². The van der Waals surface area contributed by atoms with Crippen LogP contribution in [-0.4, -0.2) is 17.4 Å². The maximum atomic E-state index is 12.2. The van der Waals surface area contributed by atoms with Crippen LogP contribution < -0.4 is 10.6 Å². The molecule has 0 unspecified atom stereocenters. The minimum absolute atomic E-state index is 0.211. The van der Waals surface area contributed by atoms with Crippen molar-refractivity contribution in [2.45, 2.75) is 20.3 Å². The van der Waals surface area contributed by atoms with Crippen LogP contribution in [0, 0.1) is 6.92 Å². The number of hydrogen-bond acceptors (Lipinski definition) is 3. The van der Waals surface area contributed by atoms with Crippen LogP contribution >= 0.6 is 15.9 Å². The van der Waals surface area contributed by atoms with Gasteiger partial charge in [0.15, 0.2) is 0 Å². The second-order valence-electron chi connectivity index (χ2n) is 4.75. The van der Waals surface area contributed by atoms with Crippen molar-refractivity contribution >= 4 is 33.3 Å². The average molecular weight is 348 g/mol. The number of amides is 1. The molecule has 2 N–H and O–H groups in total. The molecule has 0 aliphatic heterocycles. The topological polar surface area (TPSA) is 54.0 Å². The number of nitrogens with zero attached hydrogens (tertiary/aromatic N) is 1. The van der Waals surface area contributed by atoms with Crippen LogP contribution in [0.5, 0.6) is 0 Å². The van der Waals surface area contributed by atoms with Crippen molar-refractivity contribution in [1.82, 2.24) is 4.98 Å². The van der Waals surface area contributed by atoms with Crippen molar-refractivity contribution in [3.05, 3.63) is 52.1 Å². The molecule has 110 valence electrons. The van der Waals surface area contributed by atoms with Crippen LogP contribution in [0.4, 0.5) is 11.5 Å². The smallest absolute Gasteiger partial charge is 0.274 e. The van der Waals surface area contributed by atoms with Gasteiger partial charge in [-0.05, 0) is 49.2 Å². The van der Waals surface area contributed by atoms with Crippen LogP contribution in [0.25, 0.3) is 0 Å². The summed E-state index contributed by atoms with van der Waals surface area (Å²) in [6.45, 7) is 4.90. The van der Waals surface area contributed by atoms with Crippen molar-refractivity contribution in [2.75, 3.05) is 17.2 Å². The normalized spacial score (nSPS) is 10.2. The predicted molar refractivity (Wildman–Crippen MR) is 89.8 cm³/mol. The van der Waals surface area contributed by atoms with Gasteiger partial charge >= 0.3 is 0 Å². The van der Waals surface area contributed by atoms with Crippen molar-refractivity contribution < 1.29 is 4.79 Å².